The van der Waals surface area contributed by atoms with Crippen LogP contribution in [0.5, 0.6) is 0 Å². The third-order valence-corrected chi connectivity index (χ3v) is 3.94. The van der Waals surface area contributed by atoms with Crippen molar-refractivity contribution < 1.29 is 25.2 Å². The normalized spacial score (nSPS) is 31.5. The molecule has 3 unspecified atom stereocenters. The van der Waals surface area contributed by atoms with E-state index in [0.717, 1.165) is 5.69 Å². The van der Waals surface area contributed by atoms with Crippen LogP contribution in [-0.2, 0) is 4.74 Å². The summed E-state index contributed by atoms with van der Waals surface area (Å²) in [6.45, 7) is 3.10. The van der Waals surface area contributed by atoms with Crippen LogP contribution in [0.2, 0.25) is 0 Å². The first kappa shape index (κ1) is 16.1. The second-order valence-electron chi connectivity index (χ2n) is 5.73. The molecule has 6 N–H and O–H groups in total. The smallest absolute Gasteiger partial charge is 0.178 e. The molecule has 2 aromatic heterocycles. The maximum atomic E-state index is 10.2. The number of anilines is 1. The van der Waals surface area contributed by atoms with E-state index in [4.69, 9.17) is 9.84 Å². The molecule has 9 heteroatoms. The Bertz CT molecular complexity index is 706. The Hall–Kier alpha value is -1.78. The molecule has 1 fully saturated rings. The Morgan fingerprint density at radius 3 is 2.65 bits per heavy atom. The van der Waals surface area contributed by atoms with Crippen molar-refractivity contribution in [2.75, 3.05) is 11.9 Å². The predicted molar refractivity (Wildman–Crippen MR) is 80.8 cm³/mol. The summed E-state index contributed by atoms with van der Waals surface area (Å²) < 4.78 is 5.13. The van der Waals surface area contributed by atoms with Crippen LogP contribution < -0.4 is 5.32 Å². The largest absolute Gasteiger partial charge is 0.394 e. The van der Waals surface area contributed by atoms with Gasteiger partial charge in [-0.2, -0.15) is 0 Å². The second-order valence-corrected chi connectivity index (χ2v) is 5.73. The summed E-state index contributed by atoms with van der Waals surface area (Å²) in [5.74, 6) is 0.925. The molecule has 9 nitrogen and oxygen atoms in total. The molecule has 1 aliphatic heterocycles. The van der Waals surface area contributed by atoms with Crippen LogP contribution in [0, 0.1) is 13.8 Å². The number of hydrogen-bond donors (Lipinski definition) is 6. The van der Waals surface area contributed by atoms with Crippen LogP contribution in [0.25, 0.3) is 11.0 Å². The van der Waals surface area contributed by atoms with Crippen molar-refractivity contribution in [3.8, 4) is 0 Å². The topological polar surface area (TPSA) is 144 Å². The van der Waals surface area contributed by atoms with Crippen LogP contribution in [-0.4, -0.2) is 72.6 Å². The average molecular weight is 324 g/mol. The first-order chi connectivity index (χ1) is 10.9. The molecule has 0 radical (unpaired) electrons. The minimum absolute atomic E-state index is 0.415. The van der Waals surface area contributed by atoms with E-state index in [-0.39, 0.29) is 0 Å². The number of nitrogens with zero attached hydrogens (tertiary/aromatic N) is 2. The maximum absolute atomic E-state index is 10.2. The van der Waals surface area contributed by atoms with E-state index in [2.05, 4.69) is 20.3 Å². The Morgan fingerprint density at radius 1 is 1.22 bits per heavy atom. The molecular weight excluding hydrogens is 304 g/mol. The zero-order valence-corrected chi connectivity index (χ0v) is 12.8. The number of aromatic nitrogens is 3. The third-order valence-electron chi connectivity index (χ3n) is 3.94. The van der Waals surface area contributed by atoms with Gasteiger partial charge in [0, 0.05) is 5.69 Å². The van der Waals surface area contributed by atoms with Crippen LogP contribution in [0.4, 0.5) is 5.82 Å². The Kier molecular flexibility index (Phi) is 4.21. The molecule has 0 amide bonds. The number of fused-ring (bicyclic) bond motifs is 1. The summed E-state index contributed by atoms with van der Waals surface area (Å²) in [7, 11) is 0. The lowest BCUT2D eigenvalue weighted by Crippen LogP contribution is -2.61. The van der Waals surface area contributed by atoms with E-state index < -0.39 is 37.3 Å². The van der Waals surface area contributed by atoms with Crippen LogP contribution in [0.1, 0.15) is 11.5 Å². The van der Waals surface area contributed by atoms with Crippen molar-refractivity contribution in [1.82, 2.24) is 15.0 Å². The van der Waals surface area contributed by atoms with Gasteiger partial charge < -0.3 is 35.5 Å². The predicted octanol–water partition coefficient (Wildman–Crippen LogP) is -1.21. The number of aryl methyl sites for hydroxylation is 2. The molecule has 126 valence electrons. The highest BCUT2D eigenvalue weighted by Crippen LogP contribution is 2.26. The fourth-order valence-corrected chi connectivity index (χ4v) is 2.77. The summed E-state index contributed by atoms with van der Waals surface area (Å²) in [6.07, 6.45) is -5.11. The molecule has 3 heterocycles. The van der Waals surface area contributed by atoms with Gasteiger partial charge in [-0.1, -0.05) is 0 Å². The lowest BCUT2D eigenvalue weighted by Gasteiger charge is -2.40. The fraction of sp³-hybridized carbons (Fsp3) is 0.571. The number of nitrogens with one attached hydrogen (secondary N) is 2. The van der Waals surface area contributed by atoms with Crippen LogP contribution in [0.15, 0.2) is 6.07 Å². The van der Waals surface area contributed by atoms with Gasteiger partial charge in [-0.3, -0.25) is 0 Å². The van der Waals surface area contributed by atoms with Crippen molar-refractivity contribution in [3.05, 3.63) is 17.6 Å². The van der Waals surface area contributed by atoms with E-state index in [1.165, 1.54) is 0 Å². The molecule has 1 aliphatic rings. The molecule has 3 rings (SSSR count). The molecule has 2 aromatic rings. The third kappa shape index (κ3) is 2.89. The second kappa shape index (κ2) is 6.02. The monoisotopic (exact) mass is 324 g/mol. The van der Waals surface area contributed by atoms with Crippen molar-refractivity contribution in [1.29, 1.82) is 0 Å². The van der Waals surface area contributed by atoms with Gasteiger partial charge in [-0.15, -0.1) is 0 Å². The number of H-pyrrole nitrogens is 1. The Labute approximate surface area is 132 Å². The highest BCUT2D eigenvalue weighted by molar-refractivity contribution is 5.88. The molecule has 0 saturated carbocycles. The number of rotatable bonds is 3. The quantitative estimate of drug-likeness (QED) is 0.412. The summed E-state index contributed by atoms with van der Waals surface area (Å²) in [5.41, 5.74) is 1.52. The summed E-state index contributed by atoms with van der Waals surface area (Å²) >= 11 is 0. The van der Waals surface area contributed by atoms with E-state index in [9.17, 15) is 15.3 Å². The molecule has 23 heavy (non-hydrogen) atoms. The zero-order valence-electron chi connectivity index (χ0n) is 12.8. The first-order valence-corrected chi connectivity index (χ1v) is 7.31. The lowest BCUT2D eigenvalue weighted by atomic mass is 9.97. The molecule has 1 saturated heterocycles. The number of hydrogen-bond acceptors (Lipinski definition) is 8. The van der Waals surface area contributed by atoms with E-state index in [0.29, 0.717) is 22.7 Å². The van der Waals surface area contributed by atoms with Gasteiger partial charge in [0.1, 0.15) is 41.6 Å². The van der Waals surface area contributed by atoms with Crippen molar-refractivity contribution in [2.45, 2.75) is 44.5 Å². The SMILES string of the molecule is Cc1nc(NC2C(O)O[C@H](CO)C(O)[C@@H]2O)c2cc(C)[nH]c2n1. The van der Waals surface area contributed by atoms with Gasteiger partial charge in [-0.05, 0) is 19.9 Å². The number of aliphatic hydroxyl groups is 4. The standard InChI is InChI=1S/C14H20N4O5/c1-5-3-7-12(15-5)16-6(2)17-13(7)18-9-11(21)10(20)8(4-19)23-14(9)22/h3,8-11,14,19-22H,4H2,1-2H3,(H2,15,16,17,18)/t8-,9?,10?,11-,14?/m1/s1. The minimum Gasteiger partial charge on any atom is -0.394 e. The summed E-state index contributed by atoms with van der Waals surface area (Å²) in [6, 6.07) is 0.840. The van der Waals surface area contributed by atoms with E-state index in [1.54, 1.807) is 6.92 Å². The van der Waals surface area contributed by atoms with Crippen molar-refractivity contribution in [3.63, 3.8) is 0 Å². The Morgan fingerprint density at radius 2 is 1.96 bits per heavy atom. The molecule has 0 bridgehead atoms. The number of aromatic amines is 1. The van der Waals surface area contributed by atoms with Gasteiger partial charge in [-0.25, -0.2) is 9.97 Å². The van der Waals surface area contributed by atoms with Gasteiger partial charge >= 0.3 is 0 Å². The molecule has 5 atom stereocenters. The van der Waals surface area contributed by atoms with Gasteiger partial charge in [0.25, 0.3) is 0 Å². The highest BCUT2D eigenvalue weighted by atomic mass is 16.6. The van der Waals surface area contributed by atoms with Crippen LogP contribution in [0.3, 0.4) is 0 Å². The molecule has 0 spiro atoms. The first-order valence-electron chi connectivity index (χ1n) is 7.31. The van der Waals surface area contributed by atoms with Crippen LogP contribution >= 0.6 is 0 Å². The number of ether oxygens (including phenoxy) is 1. The number of aliphatic hydroxyl groups excluding tert-OH is 4. The highest BCUT2D eigenvalue weighted by Gasteiger charge is 2.44. The molecule has 0 aliphatic carbocycles. The van der Waals surface area contributed by atoms with Gasteiger partial charge in [0.15, 0.2) is 6.29 Å². The van der Waals surface area contributed by atoms with E-state index in [1.807, 2.05) is 13.0 Å². The minimum atomic E-state index is -1.41. The molecule has 0 aromatic carbocycles. The lowest BCUT2D eigenvalue weighted by molar-refractivity contribution is -0.245. The molecular formula is C14H20N4O5. The zero-order chi connectivity index (χ0) is 16.7. The summed E-state index contributed by atoms with van der Waals surface area (Å²) in [5, 5.41) is 42.9. The maximum Gasteiger partial charge on any atom is 0.178 e. The van der Waals surface area contributed by atoms with Crippen molar-refractivity contribution >= 4 is 16.9 Å². The average Bonchev–Trinajstić information content (AvgIpc) is 2.87. The summed E-state index contributed by atoms with van der Waals surface area (Å²) in [4.78, 5) is 11.7. The van der Waals surface area contributed by atoms with Gasteiger partial charge in [0.2, 0.25) is 0 Å². The van der Waals surface area contributed by atoms with Gasteiger partial charge in [0.05, 0.1) is 12.0 Å². The fourth-order valence-electron chi connectivity index (χ4n) is 2.77. The Balaban J connectivity index is 1.92. The van der Waals surface area contributed by atoms with E-state index >= 15 is 0 Å². The van der Waals surface area contributed by atoms with Crippen molar-refractivity contribution in [2.24, 2.45) is 0 Å².